The Hall–Kier alpha value is -0.540. The summed E-state index contributed by atoms with van der Waals surface area (Å²) in [7, 11) is 0. The number of hydrogen-bond acceptors (Lipinski definition) is 3. The van der Waals surface area contributed by atoms with E-state index in [-0.39, 0.29) is 5.28 Å². The van der Waals surface area contributed by atoms with Gasteiger partial charge in [-0.05, 0) is 18.0 Å². The van der Waals surface area contributed by atoms with Gasteiger partial charge in [0.25, 0.3) is 0 Å². The van der Waals surface area contributed by atoms with Crippen LogP contribution in [0, 0.1) is 0 Å². The van der Waals surface area contributed by atoms with Gasteiger partial charge in [-0.3, -0.25) is 0 Å². The largest absolute Gasteiger partial charge is 0.369 e. The van der Waals surface area contributed by atoms with Crippen molar-refractivity contribution in [3.05, 3.63) is 16.5 Å². The number of hydrogen-bond donors (Lipinski definition) is 1. The zero-order valence-corrected chi connectivity index (χ0v) is 8.15. The van der Waals surface area contributed by atoms with E-state index in [1.807, 2.05) is 0 Å². The molecule has 5 heteroatoms. The normalized spacial score (nSPS) is 9.92. The van der Waals surface area contributed by atoms with E-state index >= 15 is 0 Å². The molecule has 0 radical (unpaired) electrons. The summed E-state index contributed by atoms with van der Waals surface area (Å²) in [5.41, 5.74) is 0. The number of halogens is 2. The van der Waals surface area contributed by atoms with Gasteiger partial charge in [-0.15, -0.1) is 0 Å². The number of nitrogens with zero attached hydrogens (tertiary/aromatic N) is 2. The molecule has 0 saturated carbocycles. The second kappa shape index (κ2) is 4.48. The molecule has 0 bridgehead atoms. The Balaban J connectivity index is 2.75. The molecule has 12 heavy (non-hydrogen) atoms. The predicted octanol–water partition coefficient (Wildman–Crippen LogP) is 2.61. The molecule has 1 N–H and O–H groups in total. The second-order valence-electron chi connectivity index (χ2n) is 2.26. The van der Waals surface area contributed by atoms with Gasteiger partial charge in [0.15, 0.2) is 0 Å². The van der Waals surface area contributed by atoms with Crippen LogP contribution in [0.4, 0.5) is 5.82 Å². The molecule has 0 fully saturated rings. The number of rotatable bonds is 3. The van der Waals surface area contributed by atoms with Gasteiger partial charge in [0, 0.05) is 6.54 Å². The van der Waals surface area contributed by atoms with Gasteiger partial charge >= 0.3 is 0 Å². The van der Waals surface area contributed by atoms with Crippen LogP contribution in [0.15, 0.2) is 6.20 Å². The minimum Gasteiger partial charge on any atom is -0.369 e. The van der Waals surface area contributed by atoms with Crippen molar-refractivity contribution in [2.75, 3.05) is 11.9 Å². The van der Waals surface area contributed by atoms with Crippen LogP contribution < -0.4 is 5.32 Å². The lowest BCUT2D eigenvalue weighted by molar-refractivity contribution is 0.965. The summed E-state index contributed by atoms with van der Waals surface area (Å²) in [5.74, 6) is 0.596. The lowest BCUT2D eigenvalue weighted by atomic mass is 10.4. The van der Waals surface area contributed by atoms with Gasteiger partial charge in [-0.1, -0.05) is 18.5 Å². The van der Waals surface area contributed by atoms with Gasteiger partial charge < -0.3 is 5.32 Å². The third-order valence-corrected chi connectivity index (χ3v) is 1.72. The maximum absolute atomic E-state index is 5.79. The zero-order valence-electron chi connectivity index (χ0n) is 6.64. The van der Waals surface area contributed by atoms with E-state index in [1.165, 1.54) is 6.20 Å². The molecule has 0 saturated heterocycles. The van der Waals surface area contributed by atoms with Crippen molar-refractivity contribution in [1.29, 1.82) is 0 Å². The van der Waals surface area contributed by atoms with Crippen molar-refractivity contribution < 1.29 is 0 Å². The molecule has 66 valence electrons. The van der Waals surface area contributed by atoms with Crippen molar-refractivity contribution in [3.8, 4) is 0 Å². The topological polar surface area (TPSA) is 37.8 Å². The summed E-state index contributed by atoms with van der Waals surface area (Å²) in [4.78, 5) is 7.65. The first-order valence-electron chi connectivity index (χ1n) is 3.66. The SMILES string of the molecule is CCCNc1nc(Cl)ncc1Cl. The molecule has 1 rings (SSSR count). The van der Waals surface area contributed by atoms with Crippen LogP contribution in [0.25, 0.3) is 0 Å². The molecular formula is C7H9Cl2N3. The number of anilines is 1. The maximum Gasteiger partial charge on any atom is 0.224 e. The predicted molar refractivity (Wildman–Crippen MR) is 50.8 cm³/mol. The third kappa shape index (κ3) is 2.50. The summed E-state index contributed by atoms with van der Waals surface area (Å²) in [5, 5.41) is 3.74. The maximum atomic E-state index is 5.79. The standard InChI is InChI=1S/C7H9Cl2N3/c1-2-3-10-6-5(8)4-11-7(9)12-6/h4H,2-3H2,1H3,(H,10,11,12). The molecule has 1 aromatic heterocycles. The van der Waals surface area contributed by atoms with Crippen LogP contribution in [-0.4, -0.2) is 16.5 Å². The highest BCUT2D eigenvalue weighted by molar-refractivity contribution is 6.33. The molecule has 0 aliphatic rings. The molecule has 0 spiro atoms. The molecule has 0 atom stereocenters. The van der Waals surface area contributed by atoms with Crippen LogP contribution in [0.3, 0.4) is 0 Å². The van der Waals surface area contributed by atoms with Crippen molar-refractivity contribution in [3.63, 3.8) is 0 Å². The van der Waals surface area contributed by atoms with Gasteiger partial charge in [-0.25, -0.2) is 4.98 Å². The second-order valence-corrected chi connectivity index (χ2v) is 3.01. The third-order valence-electron chi connectivity index (χ3n) is 1.26. The summed E-state index contributed by atoms with van der Waals surface area (Å²) in [6.07, 6.45) is 2.49. The Morgan fingerprint density at radius 3 is 2.92 bits per heavy atom. The van der Waals surface area contributed by atoms with Gasteiger partial charge in [0.1, 0.15) is 10.8 Å². The van der Waals surface area contributed by atoms with Crippen molar-refractivity contribution in [2.45, 2.75) is 13.3 Å². The lowest BCUT2D eigenvalue weighted by Crippen LogP contribution is -2.03. The fourth-order valence-electron chi connectivity index (χ4n) is 0.713. The van der Waals surface area contributed by atoms with Crippen molar-refractivity contribution in [1.82, 2.24) is 9.97 Å². The molecule has 1 heterocycles. The highest BCUT2D eigenvalue weighted by atomic mass is 35.5. The molecule has 0 aliphatic carbocycles. The van der Waals surface area contributed by atoms with Gasteiger partial charge in [-0.2, -0.15) is 4.98 Å². The van der Waals surface area contributed by atoms with Crippen molar-refractivity contribution >= 4 is 29.0 Å². The zero-order chi connectivity index (χ0) is 8.97. The van der Waals surface area contributed by atoms with Gasteiger partial charge in [0.05, 0.1) is 6.20 Å². The lowest BCUT2D eigenvalue weighted by Gasteiger charge is -2.04. The van der Waals surface area contributed by atoms with E-state index < -0.39 is 0 Å². The number of aromatic nitrogens is 2. The fraction of sp³-hybridized carbons (Fsp3) is 0.429. The Morgan fingerprint density at radius 2 is 2.25 bits per heavy atom. The molecular weight excluding hydrogens is 197 g/mol. The molecule has 0 aliphatic heterocycles. The summed E-state index contributed by atoms with van der Waals surface area (Å²) in [6.45, 7) is 2.89. The van der Waals surface area contributed by atoms with E-state index in [1.54, 1.807) is 0 Å². The van der Waals surface area contributed by atoms with E-state index in [0.29, 0.717) is 10.8 Å². The quantitative estimate of drug-likeness (QED) is 0.772. The average Bonchev–Trinajstić information content (AvgIpc) is 2.07. The molecule has 0 amide bonds. The van der Waals surface area contributed by atoms with E-state index in [2.05, 4.69) is 22.2 Å². The van der Waals surface area contributed by atoms with E-state index in [0.717, 1.165) is 13.0 Å². The molecule has 0 unspecified atom stereocenters. The number of nitrogens with one attached hydrogen (secondary N) is 1. The molecule has 3 nitrogen and oxygen atoms in total. The Morgan fingerprint density at radius 1 is 1.50 bits per heavy atom. The summed E-state index contributed by atoms with van der Waals surface area (Å²) < 4.78 is 0. The first kappa shape index (κ1) is 9.55. The monoisotopic (exact) mass is 205 g/mol. The van der Waals surface area contributed by atoms with Gasteiger partial charge in [0.2, 0.25) is 5.28 Å². The smallest absolute Gasteiger partial charge is 0.224 e. The van der Waals surface area contributed by atoms with Crippen LogP contribution in [0.5, 0.6) is 0 Å². The Labute approximate surface area is 81.1 Å². The highest BCUT2D eigenvalue weighted by Gasteiger charge is 2.01. The highest BCUT2D eigenvalue weighted by Crippen LogP contribution is 2.18. The first-order chi connectivity index (χ1) is 5.74. The van der Waals surface area contributed by atoms with Crippen molar-refractivity contribution in [2.24, 2.45) is 0 Å². The Kier molecular flexibility index (Phi) is 3.56. The minimum absolute atomic E-state index is 0.206. The van der Waals surface area contributed by atoms with Crippen LogP contribution in [-0.2, 0) is 0 Å². The summed E-state index contributed by atoms with van der Waals surface area (Å²) in [6, 6.07) is 0. The van der Waals surface area contributed by atoms with E-state index in [9.17, 15) is 0 Å². The van der Waals surface area contributed by atoms with Crippen LogP contribution in [0.1, 0.15) is 13.3 Å². The summed E-state index contributed by atoms with van der Waals surface area (Å²) >= 11 is 11.4. The van der Waals surface area contributed by atoms with Crippen LogP contribution >= 0.6 is 23.2 Å². The molecule has 1 aromatic rings. The Bertz CT molecular complexity index is 265. The average molecular weight is 206 g/mol. The minimum atomic E-state index is 0.206. The van der Waals surface area contributed by atoms with E-state index in [4.69, 9.17) is 23.2 Å². The molecule has 0 aromatic carbocycles. The first-order valence-corrected chi connectivity index (χ1v) is 4.41. The van der Waals surface area contributed by atoms with Crippen LogP contribution in [0.2, 0.25) is 10.3 Å². The fourth-order valence-corrected chi connectivity index (χ4v) is 1.00.